The van der Waals surface area contributed by atoms with E-state index in [0.29, 0.717) is 24.1 Å². The van der Waals surface area contributed by atoms with Crippen molar-refractivity contribution < 1.29 is 12.8 Å². The lowest BCUT2D eigenvalue weighted by molar-refractivity contribution is 0.277. The van der Waals surface area contributed by atoms with Gasteiger partial charge in [-0.05, 0) is 59.3 Å². The number of aryl methyl sites for hydroxylation is 1. The molecule has 1 atom stereocenters. The van der Waals surface area contributed by atoms with Gasteiger partial charge in [-0.1, -0.05) is 0 Å². The molecule has 0 spiro atoms. The summed E-state index contributed by atoms with van der Waals surface area (Å²) in [6.45, 7) is 3.69. The minimum atomic E-state index is -3.11. The highest BCUT2D eigenvalue weighted by atomic mass is 79.9. The summed E-state index contributed by atoms with van der Waals surface area (Å²) in [5.74, 6) is -0.00401. The molecule has 1 unspecified atom stereocenters. The maximum Gasteiger partial charge on any atom is 0.211 e. The number of halogens is 2. The minimum Gasteiger partial charge on any atom is -0.384 e. The summed E-state index contributed by atoms with van der Waals surface area (Å²) < 4.78 is 38.6. The van der Waals surface area contributed by atoms with E-state index in [4.69, 9.17) is 0 Å². The van der Waals surface area contributed by atoms with Crippen molar-refractivity contribution in [1.82, 2.24) is 4.31 Å². The molecule has 1 heterocycles. The van der Waals surface area contributed by atoms with Crippen molar-refractivity contribution in [2.45, 2.75) is 19.8 Å². The van der Waals surface area contributed by atoms with E-state index in [1.165, 1.54) is 16.6 Å². The fourth-order valence-electron chi connectivity index (χ4n) is 2.59. The van der Waals surface area contributed by atoms with Crippen molar-refractivity contribution in [1.29, 1.82) is 0 Å². The lowest BCUT2D eigenvalue weighted by Crippen LogP contribution is -2.41. The number of piperidine rings is 1. The normalized spacial score (nSPS) is 20.5. The molecular weight excluding hydrogens is 359 g/mol. The second kappa shape index (κ2) is 6.62. The first-order valence-electron chi connectivity index (χ1n) is 6.92. The smallest absolute Gasteiger partial charge is 0.211 e. The molecule has 1 fully saturated rings. The number of hydrogen-bond donors (Lipinski definition) is 1. The Balaban J connectivity index is 1.98. The number of anilines is 1. The molecular formula is C14H20BrFN2O2S. The fraction of sp³-hybridized carbons (Fsp3) is 0.571. The van der Waals surface area contributed by atoms with Gasteiger partial charge >= 0.3 is 0 Å². The van der Waals surface area contributed by atoms with Crippen molar-refractivity contribution in [3.8, 4) is 0 Å². The van der Waals surface area contributed by atoms with Gasteiger partial charge in [-0.15, -0.1) is 0 Å². The molecule has 1 N–H and O–H groups in total. The van der Waals surface area contributed by atoms with E-state index in [9.17, 15) is 12.8 Å². The Hall–Kier alpha value is -0.660. The number of nitrogens with one attached hydrogen (secondary N) is 1. The van der Waals surface area contributed by atoms with Crippen LogP contribution in [0.15, 0.2) is 16.6 Å². The molecule has 0 bridgehead atoms. The zero-order chi connectivity index (χ0) is 15.6. The first kappa shape index (κ1) is 16.7. The molecule has 0 aromatic heterocycles. The summed E-state index contributed by atoms with van der Waals surface area (Å²) in [6, 6.07) is 3.21. The van der Waals surface area contributed by atoms with Gasteiger partial charge in [0, 0.05) is 25.3 Å². The van der Waals surface area contributed by atoms with Crippen LogP contribution in [0.4, 0.5) is 10.1 Å². The van der Waals surface area contributed by atoms with E-state index in [-0.39, 0.29) is 11.7 Å². The van der Waals surface area contributed by atoms with E-state index in [1.54, 1.807) is 6.07 Å². The number of rotatable bonds is 4. The quantitative estimate of drug-likeness (QED) is 0.875. The van der Waals surface area contributed by atoms with Gasteiger partial charge in [0.1, 0.15) is 5.82 Å². The molecule has 0 radical (unpaired) electrons. The SMILES string of the molecule is Cc1cc(F)c(Br)cc1NCC1CCCN(S(C)(=O)=O)C1. The van der Waals surface area contributed by atoms with Crippen molar-refractivity contribution in [3.63, 3.8) is 0 Å². The number of nitrogens with zero attached hydrogens (tertiary/aromatic N) is 1. The van der Waals surface area contributed by atoms with E-state index < -0.39 is 10.0 Å². The molecule has 2 rings (SSSR count). The Bertz CT molecular complexity index is 622. The van der Waals surface area contributed by atoms with Crippen LogP contribution >= 0.6 is 15.9 Å². The van der Waals surface area contributed by atoms with Crippen molar-refractivity contribution in [2.24, 2.45) is 5.92 Å². The van der Waals surface area contributed by atoms with Crippen molar-refractivity contribution in [3.05, 3.63) is 28.0 Å². The summed E-state index contributed by atoms with van der Waals surface area (Å²) in [6.07, 6.45) is 3.13. The molecule has 1 aromatic rings. The van der Waals surface area contributed by atoms with E-state index in [1.807, 2.05) is 6.92 Å². The van der Waals surface area contributed by atoms with Gasteiger partial charge < -0.3 is 5.32 Å². The third kappa shape index (κ3) is 4.40. The Kier molecular flexibility index (Phi) is 5.27. The van der Waals surface area contributed by atoms with Crippen LogP contribution in [0.25, 0.3) is 0 Å². The highest BCUT2D eigenvalue weighted by molar-refractivity contribution is 9.10. The van der Waals surface area contributed by atoms with Crippen molar-refractivity contribution in [2.75, 3.05) is 31.2 Å². The number of benzene rings is 1. The molecule has 7 heteroatoms. The third-order valence-corrected chi connectivity index (χ3v) is 5.68. The van der Waals surface area contributed by atoms with Crippen LogP contribution in [0.1, 0.15) is 18.4 Å². The molecule has 4 nitrogen and oxygen atoms in total. The largest absolute Gasteiger partial charge is 0.384 e. The zero-order valence-electron chi connectivity index (χ0n) is 12.2. The molecule has 1 aliphatic heterocycles. The van der Waals surface area contributed by atoms with Gasteiger partial charge in [-0.3, -0.25) is 0 Å². The van der Waals surface area contributed by atoms with Gasteiger partial charge in [-0.2, -0.15) is 0 Å². The van der Waals surface area contributed by atoms with E-state index in [2.05, 4.69) is 21.2 Å². The van der Waals surface area contributed by atoms with E-state index >= 15 is 0 Å². The van der Waals surface area contributed by atoms with Crippen LogP contribution in [-0.2, 0) is 10.0 Å². The Morgan fingerprint density at radius 1 is 1.48 bits per heavy atom. The second-order valence-electron chi connectivity index (χ2n) is 5.59. The van der Waals surface area contributed by atoms with Crippen LogP contribution in [-0.4, -0.2) is 38.6 Å². The highest BCUT2D eigenvalue weighted by Gasteiger charge is 2.25. The second-order valence-corrected chi connectivity index (χ2v) is 8.43. The van der Waals surface area contributed by atoms with Crippen molar-refractivity contribution >= 4 is 31.6 Å². The predicted molar refractivity (Wildman–Crippen MR) is 86.5 cm³/mol. The molecule has 21 heavy (non-hydrogen) atoms. The van der Waals surface area contributed by atoms with Crippen LogP contribution in [0.2, 0.25) is 0 Å². The van der Waals surface area contributed by atoms with Crippen LogP contribution in [0, 0.1) is 18.7 Å². The van der Waals surface area contributed by atoms with Crippen LogP contribution in [0.3, 0.4) is 0 Å². The lowest BCUT2D eigenvalue weighted by Gasteiger charge is -2.31. The fourth-order valence-corrected chi connectivity index (χ4v) is 3.87. The average Bonchev–Trinajstić information content (AvgIpc) is 2.41. The summed E-state index contributed by atoms with van der Waals surface area (Å²) in [7, 11) is -3.11. The van der Waals surface area contributed by atoms with E-state index in [0.717, 1.165) is 24.1 Å². The molecule has 0 saturated carbocycles. The topological polar surface area (TPSA) is 49.4 Å². The van der Waals surface area contributed by atoms with Gasteiger partial charge in [-0.25, -0.2) is 17.1 Å². The zero-order valence-corrected chi connectivity index (χ0v) is 14.6. The van der Waals surface area contributed by atoms with Gasteiger partial charge in [0.25, 0.3) is 0 Å². The van der Waals surface area contributed by atoms with Crippen LogP contribution in [0.5, 0.6) is 0 Å². The molecule has 0 aliphatic carbocycles. The van der Waals surface area contributed by atoms with Gasteiger partial charge in [0.15, 0.2) is 0 Å². The molecule has 118 valence electrons. The summed E-state index contributed by atoms with van der Waals surface area (Å²) >= 11 is 3.18. The first-order chi connectivity index (χ1) is 9.77. The standard InChI is InChI=1S/C14H20BrFN2O2S/c1-10-6-13(16)12(15)7-14(10)17-8-11-4-3-5-18(9-11)21(2,19)20/h6-7,11,17H,3-5,8-9H2,1-2H3. The summed E-state index contributed by atoms with van der Waals surface area (Å²) in [5.41, 5.74) is 1.71. The van der Waals surface area contributed by atoms with Gasteiger partial charge in [0.05, 0.1) is 10.7 Å². The first-order valence-corrected chi connectivity index (χ1v) is 9.56. The highest BCUT2D eigenvalue weighted by Crippen LogP contribution is 2.25. The maximum atomic E-state index is 13.4. The number of hydrogen-bond acceptors (Lipinski definition) is 3. The van der Waals surface area contributed by atoms with Gasteiger partial charge in [0.2, 0.25) is 10.0 Å². The molecule has 1 saturated heterocycles. The number of sulfonamides is 1. The summed E-state index contributed by atoms with van der Waals surface area (Å²) in [5, 5.41) is 3.30. The Morgan fingerprint density at radius 3 is 2.86 bits per heavy atom. The molecule has 0 amide bonds. The molecule has 1 aromatic carbocycles. The Morgan fingerprint density at radius 2 is 2.19 bits per heavy atom. The lowest BCUT2D eigenvalue weighted by atomic mass is 9.99. The third-order valence-electron chi connectivity index (χ3n) is 3.80. The predicted octanol–water partition coefficient (Wildman–Crippen LogP) is 2.98. The minimum absolute atomic E-state index is 0.275. The maximum absolute atomic E-state index is 13.4. The molecule has 1 aliphatic rings. The Labute approximate surface area is 133 Å². The monoisotopic (exact) mass is 378 g/mol. The summed E-state index contributed by atoms with van der Waals surface area (Å²) in [4.78, 5) is 0. The average molecular weight is 379 g/mol. The van der Waals surface area contributed by atoms with Crippen LogP contribution < -0.4 is 5.32 Å².